The molecule has 0 amide bonds. The minimum absolute atomic E-state index is 0.115. The fourth-order valence-corrected chi connectivity index (χ4v) is 5.58. The maximum atomic E-state index is 12.7. The first-order valence-corrected chi connectivity index (χ1v) is 8.63. The third-order valence-corrected chi connectivity index (χ3v) is 7.50. The van der Waals surface area contributed by atoms with Crippen LogP contribution in [0.25, 0.3) is 0 Å². The average Bonchev–Trinajstić information content (AvgIpc) is 2.26. The van der Waals surface area contributed by atoms with Gasteiger partial charge >= 0.3 is 0 Å². The van der Waals surface area contributed by atoms with Gasteiger partial charge in [-0.25, -0.2) is 8.42 Å². The van der Waals surface area contributed by atoms with E-state index in [-0.39, 0.29) is 27.9 Å². The van der Waals surface area contributed by atoms with Crippen LogP contribution in [0.15, 0.2) is 0 Å². The van der Waals surface area contributed by atoms with Crippen molar-refractivity contribution in [3.8, 4) is 0 Å². The molecule has 1 saturated carbocycles. The summed E-state index contributed by atoms with van der Waals surface area (Å²) < 4.78 is 25.5. The van der Waals surface area contributed by atoms with Crippen LogP contribution in [0.1, 0.15) is 53.9 Å². The Morgan fingerprint density at radius 2 is 1.78 bits per heavy atom. The average molecular weight is 275 g/mol. The first-order valence-electron chi connectivity index (χ1n) is 7.02. The van der Waals surface area contributed by atoms with Crippen LogP contribution in [-0.2, 0) is 9.84 Å². The van der Waals surface area contributed by atoms with Gasteiger partial charge in [-0.2, -0.15) is 0 Å². The Balaban J connectivity index is 3.02. The molecule has 108 valence electrons. The third-order valence-electron chi connectivity index (χ3n) is 4.58. The van der Waals surface area contributed by atoms with Gasteiger partial charge in [-0.05, 0) is 44.6 Å². The lowest BCUT2D eigenvalue weighted by Crippen LogP contribution is -2.51. The van der Waals surface area contributed by atoms with Gasteiger partial charge in [0, 0.05) is 6.04 Å². The molecule has 1 rings (SSSR count). The van der Waals surface area contributed by atoms with E-state index >= 15 is 0 Å². The molecule has 0 spiro atoms. The molecule has 0 aromatic heterocycles. The highest BCUT2D eigenvalue weighted by Crippen LogP contribution is 2.39. The second kappa shape index (κ2) is 5.49. The molecular weight excluding hydrogens is 246 g/mol. The number of sulfone groups is 1. The summed E-state index contributed by atoms with van der Waals surface area (Å²) in [6.07, 6.45) is 2.83. The predicted octanol–water partition coefficient (Wildman–Crippen LogP) is 2.61. The highest BCUT2D eigenvalue weighted by Gasteiger charge is 2.43. The Labute approximate surface area is 113 Å². The van der Waals surface area contributed by atoms with E-state index in [2.05, 4.69) is 19.2 Å². The molecule has 3 atom stereocenters. The van der Waals surface area contributed by atoms with Crippen molar-refractivity contribution < 1.29 is 8.42 Å². The van der Waals surface area contributed by atoms with Crippen molar-refractivity contribution in [2.24, 2.45) is 11.3 Å². The lowest BCUT2D eigenvalue weighted by atomic mass is 9.75. The smallest absolute Gasteiger partial charge is 0.157 e. The van der Waals surface area contributed by atoms with Crippen LogP contribution in [0, 0.1) is 11.3 Å². The summed E-state index contributed by atoms with van der Waals surface area (Å²) >= 11 is 0. The van der Waals surface area contributed by atoms with Crippen LogP contribution >= 0.6 is 0 Å². The van der Waals surface area contributed by atoms with Crippen molar-refractivity contribution in [2.75, 3.05) is 7.05 Å². The molecule has 0 bridgehead atoms. The SMILES string of the molecule is CNC1CCC(C)(C)CC1S(=O)(=O)C(C)C(C)C. The van der Waals surface area contributed by atoms with E-state index in [1.54, 1.807) is 0 Å². The molecule has 0 heterocycles. The molecule has 1 N–H and O–H groups in total. The van der Waals surface area contributed by atoms with E-state index in [1.165, 1.54) is 0 Å². The third kappa shape index (κ3) is 3.27. The van der Waals surface area contributed by atoms with Gasteiger partial charge in [0.05, 0.1) is 10.5 Å². The first kappa shape index (κ1) is 16.0. The molecule has 0 aromatic carbocycles. The Morgan fingerprint density at radius 3 is 2.22 bits per heavy atom. The van der Waals surface area contributed by atoms with Gasteiger partial charge in [-0.1, -0.05) is 27.7 Å². The molecule has 3 nitrogen and oxygen atoms in total. The standard InChI is InChI=1S/C14H29NO2S/c1-10(2)11(3)18(16,17)13-9-14(4,5)8-7-12(13)15-6/h10-13,15H,7-9H2,1-6H3. The summed E-state index contributed by atoms with van der Waals surface area (Å²) in [4.78, 5) is 0. The molecule has 4 heteroatoms. The van der Waals surface area contributed by atoms with Crippen LogP contribution in [0.3, 0.4) is 0 Å². The lowest BCUT2D eigenvalue weighted by molar-refractivity contribution is 0.213. The predicted molar refractivity (Wildman–Crippen MR) is 77.5 cm³/mol. The van der Waals surface area contributed by atoms with Gasteiger partial charge in [0.2, 0.25) is 0 Å². The van der Waals surface area contributed by atoms with Gasteiger partial charge in [-0.3, -0.25) is 0 Å². The maximum absolute atomic E-state index is 12.7. The second-order valence-electron chi connectivity index (χ2n) is 6.88. The summed E-state index contributed by atoms with van der Waals surface area (Å²) in [5.74, 6) is 0.178. The Bertz CT molecular complexity index is 373. The van der Waals surface area contributed by atoms with Crippen LogP contribution in [0.5, 0.6) is 0 Å². The molecule has 18 heavy (non-hydrogen) atoms. The fraction of sp³-hybridized carbons (Fsp3) is 1.00. The van der Waals surface area contributed by atoms with E-state index in [9.17, 15) is 8.42 Å². The Morgan fingerprint density at radius 1 is 1.22 bits per heavy atom. The van der Waals surface area contributed by atoms with E-state index in [0.29, 0.717) is 0 Å². The molecule has 0 aliphatic heterocycles. The molecule has 0 saturated heterocycles. The quantitative estimate of drug-likeness (QED) is 0.858. The van der Waals surface area contributed by atoms with Crippen LogP contribution in [0.4, 0.5) is 0 Å². The van der Waals surface area contributed by atoms with Crippen molar-refractivity contribution in [3.05, 3.63) is 0 Å². The topological polar surface area (TPSA) is 46.2 Å². The van der Waals surface area contributed by atoms with E-state index in [1.807, 2.05) is 27.8 Å². The number of rotatable bonds is 4. The van der Waals surface area contributed by atoms with Crippen LogP contribution in [-0.4, -0.2) is 32.0 Å². The largest absolute Gasteiger partial charge is 0.316 e. The molecule has 0 radical (unpaired) electrons. The highest BCUT2D eigenvalue weighted by atomic mass is 32.2. The minimum atomic E-state index is -3.06. The lowest BCUT2D eigenvalue weighted by Gasteiger charge is -2.41. The first-order chi connectivity index (χ1) is 8.12. The van der Waals surface area contributed by atoms with E-state index in [0.717, 1.165) is 19.3 Å². The second-order valence-corrected chi connectivity index (χ2v) is 9.41. The zero-order chi connectivity index (χ0) is 14.1. The summed E-state index contributed by atoms with van der Waals surface area (Å²) in [7, 11) is -1.18. The van der Waals surface area contributed by atoms with E-state index in [4.69, 9.17) is 0 Å². The molecule has 1 aliphatic carbocycles. The van der Waals surface area contributed by atoms with Gasteiger partial charge in [-0.15, -0.1) is 0 Å². The zero-order valence-electron chi connectivity index (χ0n) is 12.7. The summed E-state index contributed by atoms with van der Waals surface area (Å²) in [5, 5.41) is 2.72. The summed E-state index contributed by atoms with van der Waals surface area (Å²) in [6, 6.07) is 0.115. The fourth-order valence-electron chi connectivity index (χ4n) is 2.85. The number of hydrogen-bond acceptors (Lipinski definition) is 3. The molecule has 0 aromatic rings. The molecule has 1 fully saturated rings. The van der Waals surface area contributed by atoms with Gasteiger partial charge in [0.25, 0.3) is 0 Å². The van der Waals surface area contributed by atoms with Crippen molar-refractivity contribution in [2.45, 2.75) is 70.4 Å². The normalized spacial score (nSPS) is 30.4. The minimum Gasteiger partial charge on any atom is -0.316 e. The molecule has 1 aliphatic rings. The Hall–Kier alpha value is -0.0900. The van der Waals surface area contributed by atoms with Crippen molar-refractivity contribution in [3.63, 3.8) is 0 Å². The monoisotopic (exact) mass is 275 g/mol. The number of nitrogens with one attached hydrogen (secondary N) is 1. The number of hydrogen-bond donors (Lipinski definition) is 1. The summed E-state index contributed by atoms with van der Waals surface area (Å²) in [5.41, 5.74) is 0.141. The van der Waals surface area contributed by atoms with E-state index < -0.39 is 9.84 Å². The van der Waals surface area contributed by atoms with Crippen molar-refractivity contribution in [1.29, 1.82) is 0 Å². The zero-order valence-corrected chi connectivity index (χ0v) is 13.5. The Kier molecular flexibility index (Phi) is 4.87. The van der Waals surface area contributed by atoms with Gasteiger partial charge in [0.15, 0.2) is 9.84 Å². The summed E-state index contributed by atoms with van der Waals surface area (Å²) in [6.45, 7) is 10.2. The molecule has 3 unspecified atom stereocenters. The van der Waals surface area contributed by atoms with Crippen LogP contribution in [0.2, 0.25) is 0 Å². The van der Waals surface area contributed by atoms with Crippen molar-refractivity contribution >= 4 is 9.84 Å². The van der Waals surface area contributed by atoms with Gasteiger partial charge in [0.1, 0.15) is 0 Å². The highest BCUT2D eigenvalue weighted by molar-refractivity contribution is 7.92. The molecular formula is C14H29NO2S. The van der Waals surface area contributed by atoms with Crippen molar-refractivity contribution in [1.82, 2.24) is 5.32 Å². The van der Waals surface area contributed by atoms with Gasteiger partial charge < -0.3 is 5.32 Å². The van der Waals surface area contributed by atoms with Crippen LogP contribution < -0.4 is 5.32 Å². The maximum Gasteiger partial charge on any atom is 0.157 e.